The summed E-state index contributed by atoms with van der Waals surface area (Å²) < 4.78 is 11.5. The second-order valence-electron chi connectivity index (χ2n) is 4.75. The standard InChI is InChI=1S/C17H21NO2/c1-3-11-19-17-10-9-15(12-16(17)13(2)18)20-14-7-5-4-6-8-14/h4-10,12-13H,3,11,18H2,1-2H3. The molecule has 0 amide bonds. The Morgan fingerprint density at radius 2 is 1.80 bits per heavy atom. The Balaban J connectivity index is 2.21. The lowest BCUT2D eigenvalue weighted by atomic mass is 10.1. The van der Waals surface area contributed by atoms with E-state index in [1.54, 1.807) is 0 Å². The van der Waals surface area contributed by atoms with Crippen LogP contribution in [0.25, 0.3) is 0 Å². The van der Waals surface area contributed by atoms with Gasteiger partial charge >= 0.3 is 0 Å². The summed E-state index contributed by atoms with van der Waals surface area (Å²) in [5.41, 5.74) is 6.98. The molecule has 0 saturated heterocycles. The minimum absolute atomic E-state index is 0.0961. The van der Waals surface area contributed by atoms with Gasteiger partial charge in [-0.3, -0.25) is 0 Å². The van der Waals surface area contributed by atoms with Crippen LogP contribution in [0.5, 0.6) is 17.2 Å². The average molecular weight is 271 g/mol. The Morgan fingerprint density at radius 1 is 1.05 bits per heavy atom. The summed E-state index contributed by atoms with van der Waals surface area (Å²) in [6, 6.07) is 15.4. The zero-order chi connectivity index (χ0) is 14.4. The molecule has 3 heteroatoms. The third-order valence-corrected chi connectivity index (χ3v) is 2.91. The number of para-hydroxylation sites is 1. The number of ether oxygens (including phenoxy) is 2. The predicted molar refractivity (Wildman–Crippen MR) is 81.3 cm³/mol. The van der Waals surface area contributed by atoms with Crippen LogP contribution in [-0.4, -0.2) is 6.61 Å². The van der Waals surface area contributed by atoms with Gasteiger partial charge in [0.15, 0.2) is 0 Å². The molecule has 0 aromatic heterocycles. The average Bonchev–Trinajstić information content (AvgIpc) is 2.47. The maximum atomic E-state index is 6.01. The van der Waals surface area contributed by atoms with Crippen molar-refractivity contribution in [2.45, 2.75) is 26.3 Å². The van der Waals surface area contributed by atoms with Crippen LogP contribution in [0.3, 0.4) is 0 Å². The van der Waals surface area contributed by atoms with Crippen molar-refractivity contribution in [3.63, 3.8) is 0 Å². The molecule has 3 nitrogen and oxygen atoms in total. The smallest absolute Gasteiger partial charge is 0.128 e. The fourth-order valence-electron chi connectivity index (χ4n) is 1.91. The first kappa shape index (κ1) is 14.4. The Labute approximate surface area is 120 Å². The molecule has 2 rings (SSSR count). The van der Waals surface area contributed by atoms with Crippen LogP contribution in [0.15, 0.2) is 48.5 Å². The van der Waals surface area contributed by atoms with Crippen molar-refractivity contribution in [1.29, 1.82) is 0 Å². The van der Waals surface area contributed by atoms with Crippen LogP contribution in [0.2, 0.25) is 0 Å². The van der Waals surface area contributed by atoms with Crippen LogP contribution in [-0.2, 0) is 0 Å². The van der Waals surface area contributed by atoms with E-state index >= 15 is 0 Å². The number of hydrogen-bond acceptors (Lipinski definition) is 3. The molecule has 0 bridgehead atoms. The van der Waals surface area contributed by atoms with Gasteiger partial charge in [0.2, 0.25) is 0 Å². The monoisotopic (exact) mass is 271 g/mol. The third-order valence-electron chi connectivity index (χ3n) is 2.91. The van der Waals surface area contributed by atoms with Gasteiger partial charge in [0, 0.05) is 11.6 Å². The topological polar surface area (TPSA) is 44.5 Å². The summed E-state index contributed by atoms with van der Waals surface area (Å²) in [5, 5.41) is 0. The van der Waals surface area contributed by atoms with E-state index in [2.05, 4.69) is 6.92 Å². The molecule has 20 heavy (non-hydrogen) atoms. The molecule has 1 unspecified atom stereocenters. The van der Waals surface area contributed by atoms with E-state index < -0.39 is 0 Å². The molecule has 0 aliphatic carbocycles. The van der Waals surface area contributed by atoms with E-state index in [9.17, 15) is 0 Å². The number of rotatable bonds is 6. The van der Waals surface area contributed by atoms with Crippen molar-refractivity contribution in [1.82, 2.24) is 0 Å². The fourth-order valence-corrected chi connectivity index (χ4v) is 1.91. The van der Waals surface area contributed by atoms with Gasteiger partial charge < -0.3 is 15.2 Å². The van der Waals surface area contributed by atoms with Gasteiger partial charge in [-0.2, -0.15) is 0 Å². The first-order chi connectivity index (χ1) is 9.70. The van der Waals surface area contributed by atoms with Gasteiger partial charge in [-0.25, -0.2) is 0 Å². The van der Waals surface area contributed by atoms with E-state index in [4.69, 9.17) is 15.2 Å². The van der Waals surface area contributed by atoms with Gasteiger partial charge in [0.1, 0.15) is 17.2 Å². The highest BCUT2D eigenvalue weighted by Crippen LogP contribution is 2.30. The minimum atomic E-state index is -0.0961. The van der Waals surface area contributed by atoms with E-state index in [-0.39, 0.29) is 6.04 Å². The lowest BCUT2D eigenvalue weighted by Gasteiger charge is -2.15. The van der Waals surface area contributed by atoms with Crippen molar-refractivity contribution >= 4 is 0 Å². The van der Waals surface area contributed by atoms with E-state index in [1.807, 2.05) is 55.5 Å². The van der Waals surface area contributed by atoms with E-state index in [1.165, 1.54) is 0 Å². The molecule has 2 N–H and O–H groups in total. The molecule has 2 aromatic rings. The summed E-state index contributed by atoms with van der Waals surface area (Å²) in [6.07, 6.45) is 0.973. The number of benzene rings is 2. The summed E-state index contributed by atoms with van der Waals surface area (Å²) >= 11 is 0. The van der Waals surface area contributed by atoms with Gasteiger partial charge in [-0.05, 0) is 43.7 Å². The minimum Gasteiger partial charge on any atom is -0.493 e. The highest BCUT2D eigenvalue weighted by atomic mass is 16.5. The molecule has 0 radical (unpaired) electrons. The molecule has 106 valence electrons. The second kappa shape index (κ2) is 6.96. The van der Waals surface area contributed by atoms with Crippen LogP contribution in [0, 0.1) is 0 Å². The van der Waals surface area contributed by atoms with Gasteiger partial charge in [-0.15, -0.1) is 0 Å². The lowest BCUT2D eigenvalue weighted by molar-refractivity contribution is 0.312. The summed E-state index contributed by atoms with van der Waals surface area (Å²) in [4.78, 5) is 0. The van der Waals surface area contributed by atoms with Crippen LogP contribution in [0.1, 0.15) is 31.9 Å². The lowest BCUT2D eigenvalue weighted by Crippen LogP contribution is -2.08. The molecule has 0 aliphatic heterocycles. The molecule has 0 aliphatic rings. The molecule has 1 atom stereocenters. The molecule has 0 saturated carbocycles. The van der Waals surface area contributed by atoms with Gasteiger partial charge in [0.05, 0.1) is 6.61 Å². The molecule has 0 heterocycles. The Bertz CT molecular complexity index is 538. The van der Waals surface area contributed by atoms with E-state index in [0.717, 1.165) is 29.2 Å². The molecule has 0 spiro atoms. The van der Waals surface area contributed by atoms with Crippen molar-refractivity contribution in [3.8, 4) is 17.2 Å². The van der Waals surface area contributed by atoms with Crippen molar-refractivity contribution in [2.24, 2.45) is 5.73 Å². The van der Waals surface area contributed by atoms with Crippen molar-refractivity contribution in [2.75, 3.05) is 6.61 Å². The maximum Gasteiger partial charge on any atom is 0.128 e. The summed E-state index contributed by atoms with van der Waals surface area (Å²) in [5.74, 6) is 2.42. The number of hydrogen-bond donors (Lipinski definition) is 1. The second-order valence-corrected chi connectivity index (χ2v) is 4.75. The quantitative estimate of drug-likeness (QED) is 0.852. The van der Waals surface area contributed by atoms with Crippen molar-refractivity contribution < 1.29 is 9.47 Å². The highest BCUT2D eigenvalue weighted by molar-refractivity contribution is 5.43. The fraction of sp³-hybridized carbons (Fsp3) is 0.294. The zero-order valence-corrected chi connectivity index (χ0v) is 12.0. The first-order valence-electron chi connectivity index (χ1n) is 6.96. The summed E-state index contributed by atoms with van der Waals surface area (Å²) in [6.45, 7) is 4.72. The van der Waals surface area contributed by atoms with Crippen LogP contribution >= 0.6 is 0 Å². The molecule has 0 fully saturated rings. The van der Waals surface area contributed by atoms with Crippen LogP contribution < -0.4 is 15.2 Å². The maximum absolute atomic E-state index is 6.01. The predicted octanol–water partition coefficient (Wildman–Crippen LogP) is 4.29. The van der Waals surface area contributed by atoms with Gasteiger partial charge in [0.25, 0.3) is 0 Å². The molecular formula is C17H21NO2. The Hall–Kier alpha value is -2.00. The van der Waals surface area contributed by atoms with E-state index in [0.29, 0.717) is 6.61 Å². The normalized spacial score (nSPS) is 11.9. The Morgan fingerprint density at radius 3 is 2.45 bits per heavy atom. The highest BCUT2D eigenvalue weighted by Gasteiger charge is 2.10. The SMILES string of the molecule is CCCOc1ccc(Oc2ccccc2)cc1C(C)N. The zero-order valence-electron chi connectivity index (χ0n) is 12.0. The van der Waals surface area contributed by atoms with Crippen molar-refractivity contribution in [3.05, 3.63) is 54.1 Å². The largest absolute Gasteiger partial charge is 0.493 e. The third kappa shape index (κ3) is 3.75. The first-order valence-corrected chi connectivity index (χ1v) is 6.96. The molecule has 2 aromatic carbocycles. The number of nitrogens with two attached hydrogens (primary N) is 1. The van der Waals surface area contributed by atoms with Crippen LogP contribution in [0.4, 0.5) is 0 Å². The molecular weight excluding hydrogens is 250 g/mol. The Kier molecular flexibility index (Phi) is 5.02. The van der Waals surface area contributed by atoms with Gasteiger partial charge in [-0.1, -0.05) is 25.1 Å². The summed E-state index contributed by atoms with van der Waals surface area (Å²) in [7, 11) is 0.